The van der Waals surface area contributed by atoms with E-state index in [0.29, 0.717) is 12.0 Å². The maximum atomic E-state index is 12.2. The third kappa shape index (κ3) is 2.83. The van der Waals surface area contributed by atoms with Crippen LogP contribution >= 0.6 is 0 Å². The summed E-state index contributed by atoms with van der Waals surface area (Å²) in [7, 11) is 1.74. The normalized spacial score (nSPS) is 25.7. The first-order valence-corrected chi connectivity index (χ1v) is 9.80. The molecule has 4 rings (SSSR count). The van der Waals surface area contributed by atoms with Crippen LogP contribution in [-0.2, 0) is 11.2 Å². The number of nitrogens with one attached hydrogen (secondary N) is 1. The molecular weight excluding hydrogens is 336 g/mol. The molecule has 1 N–H and O–H groups in total. The number of piperidine rings is 1. The van der Waals surface area contributed by atoms with Gasteiger partial charge in [0, 0.05) is 29.7 Å². The third-order valence-electron chi connectivity index (χ3n) is 6.42. The van der Waals surface area contributed by atoms with Gasteiger partial charge in [-0.05, 0) is 61.8 Å². The molecule has 0 bridgehead atoms. The second-order valence-corrected chi connectivity index (χ2v) is 7.70. The minimum Gasteiger partial charge on any atom is -0.496 e. The molecule has 4 heteroatoms. The lowest BCUT2D eigenvalue weighted by molar-refractivity contribution is -0.114. The smallest absolute Gasteiger partial charge is 0.155 e. The lowest BCUT2D eigenvalue weighted by Gasteiger charge is -2.46. The fourth-order valence-corrected chi connectivity index (χ4v) is 5.18. The number of hydrogen-bond acceptors (Lipinski definition) is 3. The highest BCUT2D eigenvalue weighted by Crippen LogP contribution is 2.46. The van der Waals surface area contributed by atoms with Crippen LogP contribution in [0.3, 0.4) is 0 Å². The van der Waals surface area contributed by atoms with E-state index in [1.165, 1.54) is 16.6 Å². The largest absolute Gasteiger partial charge is 0.496 e. The average Bonchev–Trinajstić information content (AvgIpc) is 3.06. The molecule has 0 aliphatic carbocycles. The second kappa shape index (κ2) is 7.01. The highest BCUT2D eigenvalue weighted by molar-refractivity contribution is 5.94. The lowest BCUT2D eigenvalue weighted by atomic mass is 9.74. The predicted molar refractivity (Wildman–Crippen MR) is 109 cm³/mol. The Morgan fingerprint density at radius 2 is 2.22 bits per heavy atom. The Hall–Kier alpha value is -2.33. The van der Waals surface area contributed by atoms with Crippen LogP contribution in [0, 0.1) is 11.8 Å². The summed E-state index contributed by atoms with van der Waals surface area (Å²) in [5.74, 6) is 1.66. The first-order valence-electron chi connectivity index (χ1n) is 9.80. The Morgan fingerprint density at radius 3 is 2.89 bits per heavy atom. The molecule has 0 amide bonds. The first-order chi connectivity index (χ1) is 13.1. The number of ketones is 1. The van der Waals surface area contributed by atoms with Crippen molar-refractivity contribution < 1.29 is 9.53 Å². The summed E-state index contributed by atoms with van der Waals surface area (Å²) in [6.07, 6.45) is 6.00. The molecule has 1 saturated heterocycles. The number of H-pyrrole nitrogens is 1. The second-order valence-electron chi connectivity index (χ2n) is 7.70. The van der Waals surface area contributed by atoms with Crippen molar-refractivity contribution in [3.05, 3.63) is 53.8 Å². The molecular formula is C23H28N2O2. The van der Waals surface area contributed by atoms with Crippen LogP contribution in [0.15, 0.2) is 42.5 Å². The number of aromatic nitrogens is 1. The van der Waals surface area contributed by atoms with Crippen molar-refractivity contribution in [3.8, 4) is 5.75 Å². The van der Waals surface area contributed by atoms with Gasteiger partial charge in [-0.25, -0.2) is 0 Å². The Bertz CT molecular complexity index is 924. The average molecular weight is 364 g/mol. The van der Waals surface area contributed by atoms with Crippen LogP contribution in [0.1, 0.15) is 37.6 Å². The summed E-state index contributed by atoms with van der Waals surface area (Å²) >= 11 is 0. The molecule has 0 spiro atoms. The van der Waals surface area contributed by atoms with Gasteiger partial charge >= 0.3 is 0 Å². The molecule has 1 aromatic carbocycles. The number of benzene rings is 1. The zero-order chi connectivity index (χ0) is 19.1. The SMILES string of the molecule is C=C[C@H]1CN2CCc3c([nH]c4cccc(OC)c34)[C@@H]2C[C@@H]1/C(=C\C)C(C)=O. The Morgan fingerprint density at radius 1 is 1.41 bits per heavy atom. The number of ether oxygens (including phenoxy) is 1. The molecule has 2 aliphatic rings. The summed E-state index contributed by atoms with van der Waals surface area (Å²) in [6.45, 7) is 9.70. The van der Waals surface area contributed by atoms with E-state index in [1.54, 1.807) is 14.0 Å². The topological polar surface area (TPSA) is 45.3 Å². The van der Waals surface area contributed by atoms with Crippen LogP contribution < -0.4 is 4.74 Å². The maximum absolute atomic E-state index is 12.2. The van der Waals surface area contributed by atoms with E-state index in [9.17, 15) is 4.79 Å². The molecule has 0 radical (unpaired) electrons. The number of carbonyl (C=O) groups excluding carboxylic acids is 1. The number of nitrogens with zero attached hydrogens (tertiary/aromatic N) is 1. The summed E-state index contributed by atoms with van der Waals surface area (Å²) in [6, 6.07) is 6.50. The number of carbonyl (C=O) groups is 1. The summed E-state index contributed by atoms with van der Waals surface area (Å²) in [5.41, 5.74) is 4.76. The van der Waals surface area contributed by atoms with Crippen molar-refractivity contribution in [3.63, 3.8) is 0 Å². The van der Waals surface area contributed by atoms with Crippen LogP contribution in [0.25, 0.3) is 10.9 Å². The molecule has 0 saturated carbocycles. The van der Waals surface area contributed by atoms with E-state index in [1.807, 2.05) is 31.2 Å². The minimum absolute atomic E-state index is 0.178. The zero-order valence-corrected chi connectivity index (χ0v) is 16.4. The predicted octanol–water partition coefficient (Wildman–Crippen LogP) is 4.43. The molecule has 1 fully saturated rings. The van der Waals surface area contributed by atoms with E-state index in [-0.39, 0.29) is 11.7 Å². The number of rotatable bonds is 4. The fourth-order valence-electron chi connectivity index (χ4n) is 5.18. The lowest BCUT2D eigenvalue weighted by Crippen LogP contribution is -2.46. The van der Waals surface area contributed by atoms with Gasteiger partial charge in [0.25, 0.3) is 0 Å². The van der Waals surface area contributed by atoms with Crippen LogP contribution in [0.4, 0.5) is 0 Å². The maximum Gasteiger partial charge on any atom is 0.155 e. The highest BCUT2D eigenvalue weighted by atomic mass is 16.5. The van der Waals surface area contributed by atoms with Crippen molar-refractivity contribution in [2.24, 2.45) is 11.8 Å². The zero-order valence-electron chi connectivity index (χ0n) is 16.4. The van der Waals surface area contributed by atoms with E-state index in [4.69, 9.17) is 4.74 Å². The van der Waals surface area contributed by atoms with Gasteiger partial charge in [-0.2, -0.15) is 0 Å². The van der Waals surface area contributed by atoms with Crippen molar-refractivity contribution in [2.75, 3.05) is 20.2 Å². The molecule has 0 unspecified atom stereocenters. The number of fused-ring (bicyclic) bond motifs is 5. The van der Waals surface area contributed by atoms with Gasteiger partial charge in [0.15, 0.2) is 5.78 Å². The molecule has 3 atom stereocenters. The number of hydrogen-bond donors (Lipinski definition) is 1. The van der Waals surface area contributed by atoms with Gasteiger partial charge < -0.3 is 9.72 Å². The molecule has 1 aromatic heterocycles. The number of aromatic amines is 1. The number of allylic oxidation sites excluding steroid dienone is 2. The van der Waals surface area contributed by atoms with E-state index < -0.39 is 0 Å². The van der Waals surface area contributed by atoms with Gasteiger partial charge in [0.1, 0.15) is 5.75 Å². The van der Waals surface area contributed by atoms with Crippen molar-refractivity contribution in [2.45, 2.75) is 32.7 Å². The van der Waals surface area contributed by atoms with Gasteiger partial charge in [0.05, 0.1) is 13.2 Å². The quantitative estimate of drug-likeness (QED) is 0.645. The summed E-state index contributed by atoms with van der Waals surface area (Å²) in [5, 5.41) is 1.22. The Balaban J connectivity index is 1.79. The fraction of sp³-hybridized carbons (Fsp3) is 0.435. The number of Topliss-reactive ketones (excluding diaryl/α,β-unsaturated/α-hetero) is 1. The van der Waals surface area contributed by atoms with E-state index >= 15 is 0 Å². The van der Waals surface area contributed by atoms with Gasteiger partial charge in [-0.3, -0.25) is 9.69 Å². The molecule has 2 aromatic rings. The van der Waals surface area contributed by atoms with Crippen molar-refractivity contribution >= 4 is 16.7 Å². The third-order valence-corrected chi connectivity index (χ3v) is 6.42. The molecule has 27 heavy (non-hydrogen) atoms. The molecule has 4 nitrogen and oxygen atoms in total. The van der Waals surface area contributed by atoms with Crippen LogP contribution in [0.5, 0.6) is 5.75 Å². The molecule has 3 heterocycles. The highest BCUT2D eigenvalue weighted by Gasteiger charge is 2.41. The van der Waals surface area contributed by atoms with Crippen molar-refractivity contribution in [1.82, 2.24) is 9.88 Å². The summed E-state index contributed by atoms with van der Waals surface area (Å²) in [4.78, 5) is 18.5. The Kier molecular flexibility index (Phi) is 4.68. The van der Waals surface area contributed by atoms with Gasteiger partial charge in [-0.15, -0.1) is 6.58 Å². The standard InChI is InChI=1S/C23H28N2O2/c1-5-15-13-25-11-10-17-22-19(8-7-9-21(22)27-4)24-23(17)20(25)12-18(15)16(6-2)14(3)26/h5-9,15,18,20,24H,1,10-13H2,2-4H3/b16-6-/t15-,18-,20-/m0/s1. The van der Waals surface area contributed by atoms with Gasteiger partial charge in [0.2, 0.25) is 0 Å². The van der Waals surface area contributed by atoms with Crippen molar-refractivity contribution in [1.29, 1.82) is 0 Å². The van der Waals surface area contributed by atoms with E-state index in [2.05, 4.69) is 22.5 Å². The first kappa shape index (κ1) is 18.1. The van der Waals surface area contributed by atoms with Gasteiger partial charge in [-0.1, -0.05) is 18.2 Å². The summed E-state index contributed by atoms with van der Waals surface area (Å²) < 4.78 is 5.63. The number of methoxy groups -OCH3 is 1. The van der Waals surface area contributed by atoms with Crippen LogP contribution in [-0.4, -0.2) is 35.9 Å². The Labute approximate surface area is 160 Å². The molecule has 142 valence electrons. The van der Waals surface area contributed by atoms with E-state index in [0.717, 1.165) is 42.8 Å². The minimum atomic E-state index is 0.178. The monoisotopic (exact) mass is 364 g/mol. The molecule has 2 aliphatic heterocycles. The van der Waals surface area contributed by atoms with Crippen LogP contribution in [0.2, 0.25) is 0 Å².